The van der Waals surface area contributed by atoms with Gasteiger partial charge >= 0.3 is 5.69 Å². The summed E-state index contributed by atoms with van der Waals surface area (Å²) in [6.45, 7) is -0.118. The van der Waals surface area contributed by atoms with Crippen LogP contribution in [-0.2, 0) is 6.54 Å². The average Bonchev–Trinajstić information content (AvgIpc) is 2.35. The standard InChI is InChI=1S/C12H8Cl2N2O2/c13-8-2-3-10(14)9(6-8)11(17)7-16-5-1-4-15-12(16)18/h1-6H,7H2. The highest BCUT2D eigenvalue weighted by molar-refractivity contribution is 6.35. The molecule has 18 heavy (non-hydrogen) atoms. The lowest BCUT2D eigenvalue weighted by atomic mass is 10.1. The normalized spacial score (nSPS) is 10.3. The minimum Gasteiger partial charge on any atom is -0.292 e. The molecule has 0 atom stereocenters. The lowest BCUT2D eigenvalue weighted by molar-refractivity contribution is 0.0970. The number of ketones is 1. The van der Waals surface area contributed by atoms with Crippen LogP contribution in [0.25, 0.3) is 0 Å². The lowest BCUT2D eigenvalue weighted by Gasteiger charge is -2.05. The molecule has 0 aliphatic carbocycles. The Balaban J connectivity index is 2.31. The lowest BCUT2D eigenvalue weighted by Crippen LogP contribution is -2.25. The van der Waals surface area contributed by atoms with E-state index in [1.165, 1.54) is 23.0 Å². The Labute approximate surface area is 113 Å². The second-order valence-corrected chi connectivity index (χ2v) is 4.42. The van der Waals surface area contributed by atoms with Crippen molar-refractivity contribution in [2.75, 3.05) is 0 Å². The fourth-order valence-electron chi connectivity index (χ4n) is 1.46. The summed E-state index contributed by atoms with van der Waals surface area (Å²) in [5.41, 5.74) is -0.191. The Morgan fingerprint density at radius 2 is 2.11 bits per heavy atom. The highest BCUT2D eigenvalue weighted by Crippen LogP contribution is 2.21. The van der Waals surface area contributed by atoms with E-state index in [0.29, 0.717) is 15.6 Å². The van der Waals surface area contributed by atoms with Gasteiger partial charge in [0.25, 0.3) is 0 Å². The smallest absolute Gasteiger partial charge is 0.292 e. The van der Waals surface area contributed by atoms with E-state index in [9.17, 15) is 9.59 Å². The van der Waals surface area contributed by atoms with Crippen LogP contribution < -0.4 is 5.69 Å². The second kappa shape index (κ2) is 5.33. The molecular weight excluding hydrogens is 275 g/mol. The van der Waals surface area contributed by atoms with E-state index in [4.69, 9.17) is 23.2 Å². The van der Waals surface area contributed by atoms with E-state index in [2.05, 4.69) is 4.98 Å². The Morgan fingerprint density at radius 1 is 1.33 bits per heavy atom. The van der Waals surface area contributed by atoms with Gasteiger partial charge in [-0.1, -0.05) is 23.2 Å². The summed E-state index contributed by atoms with van der Waals surface area (Å²) in [5.74, 6) is -0.294. The molecule has 0 spiro atoms. The molecule has 0 saturated carbocycles. The molecule has 0 fully saturated rings. The first-order chi connectivity index (χ1) is 8.58. The average molecular weight is 283 g/mol. The van der Waals surface area contributed by atoms with Gasteiger partial charge in [0, 0.05) is 23.0 Å². The third kappa shape index (κ3) is 2.78. The first-order valence-corrected chi connectivity index (χ1v) is 5.83. The monoisotopic (exact) mass is 282 g/mol. The fourth-order valence-corrected chi connectivity index (χ4v) is 1.85. The predicted octanol–water partition coefficient (Wildman–Crippen LogP) is 2.43. The van der Waals surface area contributed by atoms with Crippen molar-refractivity contribution in [3.63, 3.8) is 0 Å². The maximum atomic E-state index is 12.0. The molecule has 1 heterocycles. The quantitative estimate of drug-likeness (QED) is 0.813. The largest absolute Gasteiger partial charge is 0.347 e. The van der Waals surface area contributed by atoms with Gasteiger partial charge in [-0.2, -0.15) is 0 Å². The SMILES string of the molecule is O=C(Cn1cccnc1=O)c1cc(Cl)ccc1Cl. The second-order valence-electron chi connectivity index (χ2n) is 3.58. The van der Waals surface area contributed by atoms with Crippen molar-refractivity contribution in [1.29, 1.82) is 0 Å². The Bertz CT molecular complexity index is 653. The Hall–Kier alpha value is -1.65. The molecule has 0 bridgehead atoms. The minimum atomic E-state index is -0.482. The van der Waals surface area contributed by atoms with E-state index in [1.807, 2.05) is 0 Å². The summed E-state index contributed by atoms with van der Waals surface area (Å²) in [5, 5.41) is 0.725. The molecule has 0 aliphatic heterocycles. The molecule has 0 aliphatic rings. The summed E-state index contributed by atoms with van der Waals surface area (Å²) < 4.78 is 1.21. The molecule has 0 saturated heterocycles. The molecule has 0 amide bonds. The summed E-state index contributed by atoms with van der Waals surface area (Å²) in [7, 11) is 0. The van der Waals surface area contributed by atoms with Crippen LogP contribution in [-0.4, -0.2) is 15.3 Å². The van der Waals surface area contributed by atoms with Gasteiger partial charge in [0.1, 0.15) is 0 Å². The van der Waals surface area contributed by atoms with Crippen molar-refractivity contribution < 1.29 is 4.79 Å². The van der Waals surface area contributed by atoms with Gasteiger partial charge < -0.3 is 0 Å². The first kappa shape index (κ1) is 12.8. The van der Waals surface area contributed by atoms with Crippen molar-refractivity contribution in [2.24, 2.45) is 0 Å². The van der Waals surface area contributed by atoms with Crippen molar-refractivity contribution in [1.82, 2.24) is 9.55 Å². The zero-order valence-corrected chi connectivity index (χ0v) is 10.6. The molecule has 1 aromatic heterocycles. The zero-order chi connectivity index (χ0) is 13.1. The number of hydrogen-bond acceptors (Lipinski definition) is 3. The number of carbonyl (C=O) groups is 1. The number of hydrogen-bond donors (Lipinski definition) is 0. The molecule has 0 unspecified atom stereocenters. The number of Topliss-reactive ketones (excluding diaryl/α,β-unsaturated/α-hetero) is 1. The van der Waals surface area contributed by atoms with E-state index in [-0.39, 0.29) is 12.3 Å². The molecular formula is C12H8Cl2N2O2. The Morgan fingerprint density at radius 3 is 2.83 bits per heavy atom. The van der Waals surface area contributed by atoms with E-state index < -0.39 is 5.69 Å². The topological polar surface area (TPSA) is 52.0 Å². The van der Waals surface area contributed by atoms with Crippen molar-refractivity contribution in [3.8, 4) is 0 Å². The summed E-state index contributed by atoms with van der Waals surface area (Å²) in [6.07, 6.45) is 2.86. The van der Waals surface area contributed by atoms with Crippen LogP contribution in [0.1, 0.15) is 10.4 Å². The first-order valence-electron chi connectivity index (χ1n) is 5.07. The fraction of sp³-hybridized carbons (Fsp3) is 0.0833. The Kier molecular flexibility index (Phi) is 3.79. The highest BCUT2D eigenvalue weighted by Gasteiger charge is 2.12. The number of carbonyl (C=O) groups excluding carboxylic acids is 1. The van der Waals surface area contributed by atoms with Crippen LogP contribution in [0.4, 0.5) is 0 Å². The molecule has 2 rings (SSSR count). The van der Waals surface area contributed by atoms with Crippen LogP contribution in [0.15, 0.2) is 41.5 Å². The van der Waals surface area contributed by atoms with E-state index >= 15 is 0 Å². The maximum Gasteiger partial charge on any atom is 0.347 e. The molecule has 0 N–H and O–H groups in total. The molecule has 2 aromatic rings. The van der Waals surface area contributed by atoms with Crippen LogP contribution in [0.5, 0.6) is 0 Å². The van der Waals surface area contributed by atoms with Gasteiger partial charge in [-0.3, -0.25) is 9.36 Å². The minimum absolute atomic E-state index is 0.118. The van der Waals surface area contributed by atoms with Crippen molar-refractivity contribution >= 4 is 29.0 Å². The van der Waals surface area contributed by atoms with Gasteiger partial charge in [-0.15, -0.1) is 0 Å². The molecule has 4 nitrogen and oxygen atoms in total. The third-order valence-corrected chi connectivity index (χ3v) is 2.89. The van der Waals surface area contributed by atoms with Crippen molar-refractivity contribution in [2.45, 2.75) is 6.54 Å². The van der Waals surface area contributed by atoms with Gasteiger partial charge in [-0.05, 0) is 24.3 Å². The number of benzene rings is 1. The number of nitrogens with zero attached hydrogens (tertiary/aromatic N) is 2. The van der Waals surface area contributed by atoms with Crippen LogP contribution in [0, 0.1) is 0 Å². The maximum absolute atomic E-state index is 12.0. The van der Waals surface area contributed by atoms with E-state index in [1.54, 1.807) is 18.2 Å². The number of aromatic nitrogens is 2. The van der Waals surface area contributed by atoms with Crippen molar-refractivity contribution in [3.05, 3.63) is 62.8 Å². The van der Waals surface area contributed by atoms with Gasteiger partial charge in [-0.25, -0.2) is 9.78 Å². The van der Waals surface area contributed by atoms with Crippen LogP contribution >= 0.6 is 23.2 Å². The highest BCUT2D eigenvalue weighted by atomic mass is 35.5. The molecule has 6 heteroatoms. The third-order valence-electron chi connectivity index (χ3n) is 2.33. The number of halogens is 2. The van der Waals surface area contributed by atoms with E-state index in [0.717, 1.165) is 0 Å². The van der Waals surface area contributed by atoms with Gasteiger partial charge in [0.05, 0.1) is 11.6 Å². The summed E-state index contributed by atoms with van der Waals surface area (Å²) in [6, 6.07) is 6.20. The summed E-state index contributed by atoms with van der Waals surface area (Å²) in [4.78, 5) is 26.9. The molecule has 1 aromatic carbocycles. The summed E-state index contributed by atoms with van der Waals surface area (Å²) >= 11 is 11.7. The van der Waals surface area contributed by atoms with Crippen LogP contribution in [0.2, 0.25) is 10.0 Å². The molecule has 92 valence electrons. The van der Waals surface area contributed by atoms with Crippen LogP contribution in [0.3, 0.4) is 0 Å². The number of rotatable bonds is 3. The van der Waals surface area contributed by atoms with Gasteiger partial charge in [0.2, 0.25) is 0 Å². The zero-order valence-electron chi connectivity index (χ0n) is 9.14. The predicted molar refractivity (Wildman–Crippen MR) is 69.3 cm³/mol. The van der Waals surface area contributed by atoms with Gasteiger partial charge in [0.15, 0.2) is 5.78 Å². The molecule has 0 radical (unpaired) electrons.